The maximum Gasteiger partial charge on any atom is 0.338 e. The molecule has 1 atom stereocenters. The van der Waals surface area contributed by atoms with Crippen molar-refractivity contribution in [3.63, 3.8) is 0 Å². The number of thiazole rings is 1. The van der Waals surface area contributed by atoms with Gasteiger partial charge in [-0.15, -0.1) is 11.3 Å². The summed E-state index contributed by atoms with van der Waals surface area (Å²) in [4.78, 5) is 32.1. The molecule has 4 rings (SSSR count). The number of benzene rings is 1. The molecule has 0 aliphatic carbocycles. The number of hydrogen-bond donors (Lipinski definition) is 1. The quantitative estimate of drug-likeness (QED) is 0.469. The highest BCUT2D eigenvalue weighted by Gasteiger charge is 2.33. The van der Waals surface area contributed by atoms with E-state index in [1.54, 1.807) is 36.6 Å². The number of thiophene rings is 1. The van der Waals surface area contributed by atoms with E-state index in [-0.39, 0.29) is 17.9 Å². The van der Waals surface area contributed by atoms with Gasteiger partial charge in [-0.3, -0.25) is 9.36 Å². The summed E-state index contributed by atoms with van der Waals surface area (Å²) in [6.45, 7) is 3.75. The van der Waals surface area contributed by atoms with E-state index in [2.05, 4.69) is 36.9 Å². The van der Waals surface area contributed by atoms with Crippen LogP contribution in [0.2, 0.25) is 0 Å². The third-order valence-corrected chi connectivity index (χ3v) is 7.78. The first-order valence-electron chi connectivity index (χ1n) is 9.23. The SMILES string of the molecule is CCOC(=O)C1=C(C)N=c2sc(=Cc3cc(Br)c(O)c(Br)c3)c(=O)n2C1c1cccs1. The van der Waals surface area contributed by atoms with Crippen LogP contribution in [0.5, 0.6) is 5.75 Å². The van der Waals surface area contributed by atoms with Gasteiger partial charge < -0.3 is 9.84 Å². The van der Waals surface area contributed by atoms with Gasteiger partial charge in [0.2, 0.25) is 0 Å². The zero-order chi connectivity index (χ0) is 22.3. The van der Waals surface area contributed by atoms with Crippen LogP contribution >= 0.6 is 54.5 Å². The van der Waals surface area contributed by atoms with Crippen molar-refractivity contribution in [1.82, 2.24) is 4.57 Å². The van der Waals surface area contributed by atoms with Crippen molar-refractivity contribution in [3.05, 3.63) is 80.0 Å². The van der Waals surface area contributed by atoms with Crippen LogP contribution in [0.4, 0.5) is 0 Å². The molecule has 1 unspecified atom stereocenters. The summed E-state index contributed by atoms with van der Waals surface area (Å²) in [5, 5.41) is 11.9. The Kier molecular flexibility index (Phi) is 6.34. The fraction of sp³-hybridized carbons (Fsp3) is 0.190. The molecule has 10 heteroatoms. The first-order chi connectivity index (χ1) is 14.8. The Hall–Kier alpha value is -2.01. The average molecular weight is 584 g/mol. The number of rotatable bonds is 4. The third-order valence-electron chi connectivity index (χ3n) is 4.67. The number of carbonyl (C=O) groups excluding carboxylic acids is 1. The molecule has 6 nitrogen and oxygen atoms in total. The minimum absolute atomic E-state index is 0.0889. The van der Waals surface area contributed by atoms with Crippen molar-refractivity contribution in [2.24, 2.45) is 4.99 Å². The average Bonchev–Trinajstić information content (AvgIpc) is 3.34. The van der Waals surface area contributed by atoms with Crippen LogP contribution in [0.25, 0.3) is 6.08 Å². The van der Waals surface area contributed by atoms with E-state index >= 15 is 0 Å². The summed E-state index contributed by atoms with van der Waals surface area (Å²) in [5.74, 6) is -0.381. The van der Waals surface area contributed by atoms with E-state index in [0.29, 0.717) is 29.5 Å². The number of aromatic hydroxyl groups is 1. The Morgan fingerprint density at radius 1 is 1.35 bits per heavy atom. The second kappa shape index (κ2) is 8.85. The van der Waals surface area contributed by atoms with Crippen LogP contribution in [-0.4, -0.2) is 22.2 Å². The van der Waals surface area contributed by atoms with Crippen molar-refractivity contribution in [2.75, 3.05) is 6.61 Å². The van der Waals surface area contributed by atoms with E-state index in [1.165, 1.54) is 22.7 Å². The van der Waals surface area contributed by atoms with E-state index in [4.69, 9.17) is 4.74 Å². The predicted molar refractivity (Wildman–Crippen MR) is 128 cm³/mol. The third kappa shape index (κ3) is 4.09. The lowest BCUT2D eigenvalue weighted by Gasteiger charge is -2.23. The van der Waals surface area contributed by atoms with Crippen LogP contribution in [0, 0.1) is 0 Å². The molecule has 1 aromatic carbocycles. The molecule has 0 saturated carbocycles. The molecule has 1 aliphatic rings. The molecule has 0 saturated heterocycles. The fourth-order valence-corrected chi connectivity index (χ4v) is 6.42. The number of phenolic OH excluding ortho intramolecular Hbond substituents is 1. The van der Waals surface area contributed by atoms with Crippen LogP contribution in [0.1, 0.15) is 30.3 Å². The lowest BCUT2D eigenvalue weighted by molar-refractivity contribution is -0.139. The van der Waals surface area contributed by atoms with Gasteiger partial charge in [-0.25, -0.2) is 9.79 Å². The predicted octanol–water partition coefficient (Wildman–Crippen LogP) is 4.09. The monoisotopic (exact) mass is 582 g/mol. The summed E-state index contributed by atoms with van der Waals surface area (Å²) in [5.41, 5.74) is 1.41. The van der Waals surface area contributed by atoms with Crippen molar-refractivity contribution in [2.45, 2.75) is 19.9 Å². The van der Waals surface area contributed by atoms with E-state index < -0.39 is 12.0 Å². The first-order valence-corrected chi connectivity index (χ1v) is 12.5. The molecule has 1 aliphatic heterocycles. The van der Waals surface area contributed by atoms with Gasteiger partial charge in [-0.1, -0.05) is 17.4 Å². The molecule has 0 bridgehead atoms. The summed E-state index contributed by atoms with van der Waals surface area (Å²) in [7, 11) is 0. The molecule has 0 fully saturated rings. The molecule has 3 heterocycles. The minimum atomic E-state index is -0.587. The molecule has 1 N–H and O–H groups in total. The van der Waals surface area contributed by atoms with Gasteiger partial charge in [0.25, 0.3) is 5.56 Å². The minimum Gasteiger partial charge on any atom is -0.506 e. The first kappa shape index (κ1) is 22.2. The van der Waals surface area contributed by atoms with E-state index in [0.717, 1.165) is 10.4 Å². The van der Waals surface area contributed by atoms with Crippen molar-refractivity contribution in [1.29, 1.82) is 0 Å². The van der Waals surface area contributed by atoms with Gasteiger partial charge in [0.15, 0.2) is 4.80 Å². The molecule has 2 aromatic heterocycles. The van der Waals surface area contributed by atoms with Crippen molar-refractivity contribution >= 4 is 66.6 Å². The number of carbonyl (C=O) groups is 1. The number of fused-ring (bicyclic) bond motifs is 1. The standard InChI is InChI=1S/C21H16Br2N2O4S2/c1-3-29-20(28)16-10(2)24-21-25(17(16)14-5-4-6-30-14)19(27)15(31-21)9-11-7-12(22)18(26)13(23)8-11/h4-9,17,26H,3H2,1-2H3. The van der Waals surface area contributed by atoms with Crippen LogP contribution in [0.3, 0.4) is 0 Å². The lowest BCUT2D eigenvalue weighted by atomic mass is 10.0. The maximum atomic E-state index is 13.4. The van der Waals surface area contributed by atoms with Crippen LogP contribution in [-0.2, 0) is 9.53 Å². The normalized spacial score (nSPS) is 16.3. The van der Waals surface area contributed by atoms with Crippen LogP contribution in [0.15, 0.2) is 59.6 Å². The molecule has 0 radical (unpaired) electrons. The van der Waals surface area contributed by atoms with E-state index in [9.17, 15) is 14.7 Å². The fourth-order valence-electron chi connectivity index (χ4n) is 3.33. The topological polar surface area (TPSA) is 80.9 Å². The van der Waals surface area contributed by atoms with Gasteiger partial charge in [-0.2, -0.15) is 0 Å². The number of nitrogens with zero attached hydrogens (tertiary/aromatic N) is 2. The molecule has 0 amide bonds. The molecule has 31 heavy (non-hydrogen) atoms. The second-order valence-corrected chi connectivity index (χ2v) is 10.3. The van der Waals surface area contributed by atoms with E-state index in [1.807, 2.05) is 17.5 Å². The summed E-state index contributed by atoms with van der Waals surface area (Å²) < 4.78 is 8.33. The van der Waals surface area contributed by atoms with Gasteiger partial charge in [0.05, 0.1) is 31.4 Å². The molecular formula is C21H16Br2N2O4S2. The summed E-state index contributed by atoms with van der Waals surface area (Å²) in [6.07, 6.45) is 1.74. The Balaban J connectivity index is 1.94. The highest BCUT2D eigenvalue weighted by atomic mass is 79.9. The molecular weight excluding hydrogens is 568 g/mol. The second-order valence-electron chi connectivity index (χ2n) is 6.65. The van der Waals surface area contributed by atoms with Crippen molar-refractivity contribution in [3.8, 4) is 5.75 Å². The smallest absolute Gasteiger partial charge is 0.338 e. The summed E-state index contributed by atoms with van der Waals surface area (Å²) >= 11 is 9.36. The van der Waals surface area contributed by atoms with Crippen molar-refractivity contribution < 1.29 is 14.6 Å². The zero-order valence-corrected chi connectivity index (χ0v) is 21.2. The largest absolute Gasteiger partial charge is 0.506 e. The summed E-state index contributed by atoms with van der Waals surface area (Å²) in [6, 6.07) is 6.66. The molecule has 0 spiro atoms. The van der Waals surface area contributed by atoms with Gasteiger partial charge >= 0.3 is 5.97 Å². The van der Waals surface area contributed by atoms with Gasteiger partial charge in [0, 0.05) is 4.88 Å². The Morgan fingerprint density at radius 3 is 2.68 bits per heavy atom. The van der Waals surface area contributed by atoms with Gasteiger partial charge in [-0.05, 0) is 80.9 Å². The highest BCUT2D eigenvalue weighted by Crippen LogP contribution is 2.34. The zero-order valence-electron chi connectivity index (χ0n) is 16.4. The molecule has 3 aromatic rings. The van der Waals surface area contributed by atoms with Crippen LogP contribution < -0.4 is 14.9 Å². The Morgan fingerprint density at radius 2 is 2.06 bits per heavy atom. The number of aromatic nitrogens is 1. The maximum absolute atomic E-state index is 13.4. The number of halogens is 2. The Labute approximate surface area is 202 Å². The highest BCUT2D eigenvalue weighted by molar-refractivity contribution is 9.11. The number of hydrogen-bond acceptors (Lipinski definition) is 7. The molecule has 160 valence electrons. The number of allylic oxidation sites excluding steroid dienone is 1. The van der Waals surface area contributed by atoms with Gasteiger partial charge in [0.1, 0.15) is 11.8 Å². The lowest BCUT2D eigenvalue weighted by Crippen LogP contribution is -2.39. The number of phenols is 1. The number of esters is 1. The Bertz CT molecular complexity index is 1360. The number of ether oxygens (including phenoxy) is 1.